The Balaban J connectivity index is 1.51. The van der Waals surface area contributed by atoms with Crippen molar-refractivity contribution in [3.63, 3.8) is 0 Å². The van der Waals surface area contributed by atoms with Gasteiger partial charge in [-0.25, -0.2) is 0 Å². The van der Waals surface area contributed by atoms with E-state index in [0.717, 1.165) is 0 Å². The summed E-state index contributed by atoms with van der Waals surface area (Å²) in [5.41, 5.74) is 7.58. The summed E-state index contributed by atoms with van der Waals surface area (Å²) >= 11 is 1.91. The van der Waals surface area contributed by atoms with E-state index < -0.39 is 0 Å². The first-order chi connectivity index (χ1) is 18.4. The second kappa shape index (κ2) is 9.20. The van der Waals surface area contributed by atoms with Crippen LogP contribution in [0.5, 0.6) is 0 Å². The molecule has 0 aliphatic heterocycles. The summed E-state index contributed by atoms with van der Waals surface area (Å²) in [6.07, 6.45) is 0. The minimum absolute atomic E-state index is 1.24. The highest BCUT2D eigenvalue weighted by Crippen LogP contribution is 2.49. The van der Waals surface area contributed by atoms with E-state index in [2.05, 4.69) is 146 Å². The van der Waals surface area contributed by atoms with Gasteiger partial charge in [0.25, 0.3) is 0 Å². The molecule has 0 aliphatic carbocycles. The number of fused-ring (bicyclic) bond motifs is 2. The maximum absolute atomic E-state index is 2.33. The van der Waals surface area contributed by atoms with Crippen molar-refractivity contribution in [1.29, 1.82) is 0 Å². The molecule has 1 heterocycles. The van der Waals surface area contributed by atoms with Gasteiger partial charge in [-0.2, -0.15) is 0 Å². The predicted octanol–water partition coefficient (Wildman–Crippen LogP) is 10.7. The Morgan fingerprint density at radius 1 is 0.351 bits per heavy atom. The largest absolute Gasteiger partial charge is 0.134 e. The Hall–Kier alpha value is -4.46. The lowest BCUT2D eigenvalue weighted by atomic mass is 9.92. The third kappa shape index (κ3) is 3.85. The van der Waals surface area contributed by atoms with E-state index in [1.54, 1.807) is 0 Å². The minimum atomic E-state index is 1.24. The molecule has 0 amide bonds. The van der Waals surface area contributed by atoms with E-state index >= 15 is 0 Å². The van der Waals surface area contributed by atoms with E-state index in [0.29, 0.717) is 0 Å². The average Bonchev–Trinajstić information content (AvgIpc) is 3.37. The second-order valence-corrected chi connectivity index (χ2v) is 10.3. The van der Waals surface area contributed by atoms with Crippen molar-refractivity contribution in [2.24, 2.45) is 0 Å². The Bertz CT molecular complexity index is 1860. The van der Waals surface area contributed by atoms with Crippen LogP contribution >= 0.6 is 11.3 Å². The molecule has 7 aromatic rings. The summed E-state index contributed by atoms with van der Waals surface area (Å²) in [5, 5.41) is 5.17. The summed E-state index contributed by atoms with van der Waals surface area (Å²) in [6.45, 7) is 0. The SMILES string of the molecule is c1ccc(-c2cccc(-c3sc(-c4c(-c5ccccc5)ccc5ccccc45)c4ccccc34)c2)cc1. The molecule has 0 unspecified atom stereocenters. The fourth-order valence-corrected chi connectivity index (χ4v) is 6.68. The Morgan fingerprint density at radius 2 is 0.919 bits per heavy atom. The average molecular weight is 489 g/mol. The van der Waals surface area contributed by atoms with Crippen LogP contribution < -0.4 is 0 Å². The molecule has 0 N–H and O–H groups in total. The van der Waals surface area contributed by atoms with Gasteiger partial charge in [-0.05, 0) is 44.7 Å². The zero-order chi connectivity index (χ0) is 24.6. The van der Waals surface area contributed by atoms with Crippen molar-refractivity contribution in [3.8, 4) is 43.1 Å². The molecule has 174 valence electrons. The molecule has 0 saturated carbocycles. The van der Waals surface area contributed by atoms with Crippen LogP contribution in [0, 0.1) is 0 Å². The zero-order valence-corrected chi connectivity index (χ0v) is 21.1. The van der Waals surface area contributed by atoms with Gasteiger partial charge in [-0.1, -0.05) is 140 Å². The summed E-state index contributed by atoms with van der Waals surface area (Å²) in [7, 11) is 0. The first kappa shape index (κ1) is 21.8. The van der Waals surface area contributed by atoms with Crippen LogP contribution in [-0.2, 0) is 0 Å². The van der Waals surface area contributed by atoms with Crippen LogP contribution in [0.4, 0.5) is 0 Å². The van der Waals surface area contributed by atoms with Gasteiger partial charge in [-0.3, -0.25) is 0 Å². The summed E-state index contributed by atoms with van der Waals surface area (Å²) in [5.74, 6) is 0. The van der Waals surface area contributed by atoms with Crippen molar-refractivity contribution < 1.29 is 0 Å². The van der Waals surface area contributed by atoms with Gasteiger partial charge in [0.1, 0.15) is 0 Å². The normalized spacial score (nSPS) is 11.2. The molecule has 0 bridgehead atoms. The molecular weight excluding hydrogens is 464 g/mol. The van der Waals surface area contributed by atoms with Crippen LogP contribution in [0.1, 0.15) is 0 Å². The van der Waals surface area contributed by atoms with Crippen LogP contribution in [0.2, 0.25) is 0 Å². The molecule has 37 heavy (non-hydrogen) atoms. The molecule has 0 atom stereocenters. The minimum Gasteiger partial charge on any atom is -0.134 e. The lowest BCUT2D eigenvalue weighted by Crippen LogP contribution is -1.86. The van der Waals surface area contributed by atoms with Crippen molar-refractivity contribution in [2.75, 3.05) is 0 Å². The second-order valence-electron chi connectivity index (χ2n) is 9.33. The van der Waals surface area contributed by atoms with Gasteiger partial charge in [0, 0.05) is 26.1 Å². The van der Waals surface area contributed by atoms with Gasteiger partial charge in [-0.15, -0.1) is 11.3 Å². The van der Waals surface area contributed by atoms with Crippen LogP contribution in [-0.4, -0.2) is 0 Å². The topological polar surface area (TPSA) is 0 Å². The number of thiophene rings is 1. The highest BCUT2D eigenvalue weighted by molar-refractivity contribution is 7.21. The monoisotopic (exact) mass is 488 g/mol. The highest BCUT2D eigenvalue weighted by atomic mass is 32.1. The zero-order valence-electron chi connectivity index (χ0n) is 20.3. The molecule has 1 heteroatoms. The smallest absolute Gasteiger partial charge is 0.0440 e. The van der Waals surface area contributed by atoms with Crippen LogP contribution in [0.15, 0.2) is 146 Å². The predicted molar refractivity (Wildman–Crippen MR) is 161 cm³/mol. The lowest BCUT2D eigenvalue weighted by Gasteiger charge is -2.13. The van der Waals surface area contributed by atoms with Crippen molar-refractivity contribution in [1.82, 2.24) is 0 Å². The molecular formula is C36H24S. The summed E-state index contributed by atoms with van der Waals surface area (Å²) in [6, 6.07) is 52.5. The van der Waals surface area contributed by atoms with Crippen LogP contribution in [0.3, 0.4) is 0 Å². The first-order valence-corrected chi connectivity index (χ1v) is 13.4. The van der Waals surface area contributed by atoms with E-state index in [-0.39, 0.29) is 0 Å². The molecule has 0 radical (unpaired) electrons. The van der Waals surface area contributed by atoms with Crippen molar-refractivity contribution >= 4 is 32.9 Å². The lowest BCUT2D eigenvalue weighted by molar-refractivity contribution is 1.62. The third-order valence-electron chi connectivity index (χ3n) is 7.09. The van der Waals surface area contributed by atoms with E-state index in [4.69, 9.17) is 0 Å². The van der Waals surface area contributed by atoms with Gasteiger partial charge < -0.3 is 0 Å². The molecule has 0 aliphatic rings. The molecule has 1 aromatic heterocycles. The quantitative estimate of drug-likeness (QED) is 0.231. The standard InChI is InChI=1S/C36H24S/c1-3-12-25(13-4-1)28-17-11-18-29(24-28)35-32-20-9-10-21-33(32)36(37-35)34-30-19-8-7-16-27(30)22-23-31(34)26-14-5-2-6-15-26/h1-24H. The van der Waals surface area contributed by atoms with Crippen molar-refractivity contribution in [3.05, 3.63) is 146 Å². The Morgan fingerprint density at radius 3 is 1.68 bits per heavy atom. The first-order valence-electron chi connectivity index (χ1n) is 12.6. The molecule has 0 spiro atoms. The summed E-state index contributed by atoms with van der Waals surface area (Å²) in [4.78, 5) is 2.64. The number of rotatable bonds is 4. The van der Waals surface area contributed by atoms with E-state index in [9.17, 15) is 0 Å². The van der Waals surface area contributed by atoms with Gasteiger partial charge in [0.2, 0.25) is 0 Å². The van der Waals surface area contributed by atoms with Crippen molar-refractivity contribution in [2.45, 2.75) is 0 Å². The third-order valence-corrected chi connectivity index (χ3v) is 8.38. The maximum atomic E-state index is 2.33. The molecule has 7 rings (SSSR count). The Labute approximate surface area is 221 Å². The molecule has 6 aromatic carbocycles. The fraction of sp³-hybridized carbons (Fsp3) is 0. The molecule has 0 fully saturated rings. The van der Waals surface area contributed by atoms with E-state index in [1.807, 2.05) is 11.3 Å². The number of hydrogen-bond donors (Lipinski definition) is 0. The van der Waals surface area contributed by atoms with Gasteiger partial charge in [0.15, 0.2) is 0 Å². The Kier molecular flexibility index (Phi) is 5.42. The maximum Gasteiger partial charge on any atom is 0.0440 e. The number of benzene rings is 6. The molecule has 0 saturated heterocycles. The highest BCUT2D eigenvalue weighted by Gasteiger charge is 2.19. The van der Waals surface area contributed by atoms with Gasteiger partial charge in [0.05, 0.1) is 0 Å². The fourth-order valence-electron chi connectivity index (χ4n) is 5.34. The van der Waals surface area contributed by atoms with Gasteiger partial charge >= 0.3 is 0 Å². The van der Waals surface area contributed by atoms with E-state index in [1.165, 1.54) is 64.7 Å². The van der Waals surface area contributed by atoms with Crippen LogP contribution in [0.25, 0.3) is 64.7 Å². The summed E-state index contributed by atoms with van der Waals surface area (Å²) < 4.78 is 0. The number of hydrogen-bond acceptors (Lipinski definition) is 1. The molecule has 0 nitrogen and oxygen atoms in total.